The molecule has 1 aliphatic heterocycles. The lowest BCUT2D eigenvalue weighted by Crippen LogP contribution is -2.27. The molecule has 1 aromatic heterocycles. The molecule has 2 heterocycles. The second-order valence-corrected chi connectivity index (χ2v) is 9.47. The molecule has 0 bridgehead atoms. The highest BCUT2D eigenvalue weighted by Gasteiger charge is 2.36. The van der Waals surface area contributed by atoms with Gasteiger partial charge in [0, 0.05) is 21.2 Å². The van der Waals surface area contributed by atoms with Gasteiger partial charge in [-0.25, -0.2) is 4.90 Å². The van der Waals surface area contributed by atoms with E-state index in [9.17, 15) is 9.59 Å². The van der Waals surface area contributed by atoms with Crippen molar-refractivity contribution in [2.75, 3.05) is 4.90 Å². The molecule has 4 nitrogen and oxygen atoms in total. The van der Waals surface area contributed by atoms with E-state index in [0.717, 1.165) is 49.6 Å². The highest BCUT2D eigenvalue weighted by Crippen LogP contribution is 2.37. The number of imide groups is 1. The van der Waals surface area contributed by atoms with E-state index in [2.05, 4.69) is 57.8 Å². The summed E-state index contributed by atoms with van der Waals surface area (Å²) in [7, 11) is 0. The molecule has 0 spiro atoms. The predicted octanol–water partition coefficient (Wildman–Crippen LogP) is 7.25. The van der Waals surface area contributed by atoms with Crippen molar-refractivity contribution in [3.63, 3.8) is 0 Å². The molecular weight excluding hydrogens is 484 g/mol. The lowest BCUT2D eigenvalue weighted by atomic mass is 10.1. The minimum absolute atomic E-state index is 0.278. The maximum Gasteiger partial charge on any atom is 0.298 e. The number of carbonyl (C=O) groups excluding carboxylic acids is 2. The molecular formula is C26H19BrN2O2S. The average molecular weight is 503 g/mol. The third-order valence-corrected chi connectivity index (χ3v) is 7.21. The lowest BCUT2D eigenvalue weighted by molar-refractivity contribution is -0.113. The van der Waals surface area contributed by atoms with Gasteiger partial charge in [-0.3, -0.25) is 9.59 Å². The second-order valence-electron chi connectivity index (χ2n) is 7.63. The van der Waals surface area contributed by atoms with Crippen LogP contribution in [0.25, 0.3) is 22.5 Å². The van der Waals surface area contributed by atoms with Crippen molar-refractivity contribution in [3.05, 3.63) is 99.1 Å². The van der Waals surface area contributed by atoms with Crippen LogP contribution in [0.15, 0.2) is 82.2 Å². The summed E-state index contributed by atoms with van der Waals surface area (Å²) in [6, 6.07) is 23.5. The van der Waals surface area contributed by atoms with Crippen molar-refractivity contribution in [3.8, 4) is 5.69 Å². The molecule has 0 unspecified atom stereocenters. The molecule has 0 atom stereocenters. The van der Waals surface area contributed by atoms with Crippen molar-refractivity contribution >= 4 is 61.4 Å². The van der Waals surface area contributed by atoms with Crippen molar-refractivity contribution in [1.82, 2.24) is 4.57 Å². The van der Waals surface area contributed by atoms with Crippen LogP contribution in [0.3, 0.4) is 0 Å². The number of rotatable bonds is 3. The van der Waals surface area contributed by atoms with Crippen molar-refractivity contribution < 1.29 is 9.59 Å². The zero-order valence-electron chi connectivity index (χ0n) is 17.5. The van der Waals surface area contributed by atoms with Gasteiger partial charge in [0.1, 0.15) is 0 Å². The molecule has 2 amide bonds. The average Bonchev–Trinajstić information content (AvgIpc) is 3.23. The highest BCUT2D eigenvalue weighted by atomic mass is 79.9. The number of hydrogen-bond donors (Lipinski definition) is 0. The third-order valence-electron chi connectivity index (χ3n) is 5.65. The number of aryl methyl sites for hydroxylation is 1. The predicted molar refractivity (Wildman–Crippen MR) is 135 cm³/mol. The summed E-state index contributed by atoms with van der Waals surface area (Å²) in [6.07, 6.45) is 1.83. The van der Waals surface area contributed by atoms with E-state index in [0.29, 0.717) is 10.6 Å². The normalized spacial score (nSPS) is 15.3. The van der Waals surface area contributed by atoms with Crippen molar-refractivity contribution in [2.45, 2.75) is 13.8 Å². The monoisotopic (exact) mass is 502 g/mol. The van der Waals surface area contributed by atoms with Crippen LogP contribution in [0.4, 0.5) is 10.5 Å². The van der Waals surface area contributed by atoms with E-state index >= 15 is 0 Å². The van der Waals surface area contributed by atoms with E-state index in [4.69, 9.17) is 0 Å². The number of aromatic nitrogens is 1. The summed E-state index contributed by atoms with van der Waals surface area (Å²) in [5.74, 6) is -0.287. The molecule has 0 aliphatic carbocycles. The SMILES string of the molecule is Cc1cc(/C=C2\SC(=O)N(c3ccccc3)C2=O)c(C)n1-c1ccc(Br)c2ccccc12. The Balaban J connectivity index is 1.58. The molecule has 0 radical (unpaired) electrons. The van der Waals surface area contributed by atoms with Gasteiger partial charge >= 0.3 is 0 Å². The van der Waals surface area contributed by atoms with Gasteiger partial charge in [0.2, 0.25) is 0 Å². The number of nitrogens with zero attached hydrogens (tertiary/aromatic N) is 2. The van der Waals surface area contributed by atoms with Gasteiger partial charge in [0.15, 0.2) is 0 Å². The first kappa shape index (κ1) is 20.8. The van der Waals surface area contributed by atoms with E-state index in [1.54, 1.807) is 12.1 Å². The zero-order chi connectivity index (χ0) is 22.4. The second kappa shape index (κ2) is 8.11. The summed E-state index contributed by atoms with van der Waals surface area (Å²) in [6.45, 7) is 4.09. The standard InChI is InChI=1S/C26H19BrN2O2S/c1-16-14-18(15-24-25(30)29(26(31)32-24)19-8-4-3-5-9-19)17(2)28(16)23-13-12-22(27)20-10-6-7-11-21(20)23/h3-15H,1-2H3/b24-15-. The molecule has 1 fully saturated rings. The first-order valence-corrected chi connectivity index (χ1v) is 11.8. The molecule has 5 rings (SSSR count). The maximum atomic E-state index is 13.0. The Kier molecular flexibility index (Phi) is 5.27. The fraction of sp³-hybridized carbons (Fsp3) is 0.0769. The van der Waals surface area contributed by atoms with Crippen molar-refractivity contribution in [2.24, 2.45) is 0 Å². The summed E-state index contributed by atoms with van der Waals surface area (Å²) < 4.78 is 3.25. The zero-order valence-corrected chi connectivity index (χ0v) is 19.9. The molecule has 3 aromatic carbocycles. The number of para-hydroxylation sites is 1. The summed E-state index contributed by atoms with van der Waals surface area (Å²) in [5.41, 5.74) is 4.67. The number of hydrogen-bond acceptors (Lipinski definition) is 3. The molecule has 32 heavy (non-hydrogen) atoms. The minimum Gasteiger partial charge on any atom is -0.317 e. The number of amides is 2. The van der Waals surface area contributed by atoms with E-state index in [-0.39, 0.29) is 11.1 Å². The highest BCUT2D eigenvalue weighted by molar-refractivity contribution is 9.10. The maximum absolute atomic E-state index is 13.0. The van der Waals surface area contributed by atoms with Crippen LogP contribution >= 0.6 is 27.7 Å². The number of halogens is 1. The summed E-state index contributed by atoms with van der Waals surface area (Å²) >= 11 is 4.62. The van der Waals surface area contributed by atoms with Gasteiger partial charge in [-0.05, 0) is 73.0 Å². The van der Waals surface area contributed by atoms with Gasteiger partial charge in [-0.15, -0.1) is 0 Å². The fourth-order valence-corrected chi connectivity index (χ4v) is 5.46. The Morgan fingerprint density at radius 1 is 0.875 bits per heavy atom. The van der Waals surface area contributed by atoms with Gasteiger partial charge < -0.3 is 4.57 Å². The number of fused-ring (bicyclic) bond motifs is 1. The van der Waals surface area contributed by atoms with E-state index in [1.807, 2.05) is 43.3 Å². The Hall–Kier alpha value is -3.09. The number of benzene rings is 3. The quantitative estimate of drug-likeness (QED) is 0.277. The van der Waals surface area contributed by atoms with Gasteiger partial charge in [-0.1, -0.05) is 58.4 Å². The van der Waals surface area contributed by atoms with Crippen LogP contribution in [-0.4, -0.2) is 15.7 Å². The molecule has 6 heteroatoms. The molecule has 0 saturated carbocycles. The first-order chi connectivity index (χ1) is 15.5. The van der Waals surface area contributed by atoms with Crippen molar-refractivity contribution in [1.29, 1.82) is 0 Å². The van der Waals surface area contributed by atoms with Gasteiger partial charge in [0.05, 0.1) is 16.3 Å². The number of carbonyl (C=O) groups is 2. The van der Waals surface area contributed by atoms with Crippen LogP contribution in [0.5, 0.6) is 0 Å². The largest absolute Gasteiger partial charge is 0.317 e. The number of anilines is 1. The Morgan fingerprint density at radius 2 is 1.56 bits per heavy atom. The molecule has 1 saturated heterocycles. The Labute approximate surface area is 198 Å². The first-order valence-electron chi connectivity index (χ1n) is 10.2. The van der Waals surface area contributed by atoms with Crippen LogP contribution < -0.4 is 4.90 Å². The molecule has 4 aromatic rings. The molecule has 0 N–H and O–H groups in total. The third kappa shape index (κ3) is 3.40. The Bertz CT molecular complexity index is 1420. The van der Waals surface area contributed by atoms with Gasteiger partial charge in [-0.2, -0.15) is 0 Å². The van der Waals surface area contributed by atoms with E-state index in [1.165, 1.54) is 4.90 Å². The molecule has 158 valence electrons. The molecule has 1 aliphatic rings. The van der Waals surface area contributed by atoms with Crippen LogP contribution in [-0.2, 0) is 4.79 Å². The van der Waals surface area contributed by atoms with Crippen LogP contribution in [0.2, 0.25) is 0 Å². The van der Waals surface area contributed by atoms with Crippen LogP contribution in [0.1, 0.15) is 17.0 Å². The smallest absolute Gasteiger partial charge is 0.298 e. The number of thioether (sulfide) groups is 1. The van der Waals surface area contributed by atoms with Crippen LogP contribution in [0, 0.1) is 13.8 Å². The van der Waals surface area contributed by atoms with Gasteiger partial charge in [0.25, 0.3) is 11.1 Å². The fourth-order valence-electron chi connectivity index (χ4n) is 4.15. The summed E-state index contributed by atoms with van der Waals surface area (Å²) in [5, 5.41) is 2.00. The Morgan fingerprint density at radius 3 is 2.31 bits per heavy atom. The van der Waals surface area contributed by atoms with E-state index < -0.39 is 0 Å². The topological polar surface area (TPSA) is 42.3 Å². The minimum atomic E-state index is -0.287. The summed E-state index contributed by atoms with van der Waals surface area (Å²) in [4.78, 5) is 27.2. The lowest BCUT2D eigenvalue weighted by Gasteiger charge is -2.14.